The van der Waals surface area contributed by atoms with Crippen molar-refractivity contribution in [3.8, 4) is 28.0 Å². The van der Waals surface area contributed by atoms with Gasteiger partial charge in [-0.25, -0.2) is 0 Å². The lowest BCUT2D eigenvalue weighted by atomic mass is 9.82. The van der Waals surface area contributed by atoms with Crippen molar-refractivity contribution in [1.82, 2.24) is 0 Å². The first-order valence-corrected chi connectivity index (χ1v) is 17.9. The molecule has 1 aliphatic heterocycles. The number of benzene rings is 8. The number of carbonyl (C=O) groups is 1. The monoisotopic (exact) mass is 681 g/mol. The molecule has 0 aliphatic carbocycles. The van der Waals surface area contributed by atoms with Crippen LogP contribution in [0.15, 0.2) is 200 Å². The van der Waals surface area contributed by atoms with Gasteiger partial charge >= 0.3 is 0 Å². The maximum atomic E-state index is 11.2. The van der Waals surface area contributed by atoms with E-state index in [2.05, 4.69) is 169 Å². The predicted octanol–water partition coefficient (Wildman–Crippen LogP) is 12.8. The maximum Gasteiger partial charge on any atom is 0.178 e. The van der Waals surface area contributed by atoms with Crippen LogP contribution in [0.25, 0.3) is 39.1 Å². The molecule has 252 valence electrons. The third kappa shape index (κ3) is 5.88. The van der Waals surface area contributed by atoms with Gasteiger partial charge in [0, 0.05) is 44.7 Å². The van der Waals surface area contributed by atoms with E-state index in [-0.39, 0.29) is 0 Å². The molecular weight excluding hydrogens is 647 g/mol. The van der Waals surface area contributed by atoms with Crippen LogP contribution < -0.4 is 9.64 Å². The molecule has 9 rings (SSSR count). The lowest BCUT2D eigenvalue weighted by molar-refractivity contribution is 0.112. The summed E-state index contributed by atoms with van der Waals surface area (Å²) in [5.74, 6) is 0.861. The van der Waals surface area contributed by atoms with Crippen molar-refractivity contribution in [3.63, 3.8) is 0 Å². The van der Waals surface area contributed by atoms with Crippen molar-refractivity contribution in [1.29, 1.82) is 0 Å². The molecule has 1 heterocycles. The number of anilines is 3. The summed E-state index contributed by atoms with van der Waals surface area (Å²) in [5.41, 5.74) is 10.7. The van der Waals surface area contributed by atoms with E-state index in [1.165, 1.54) is 0 Å². The van der Waals surface area contributed by atoms with Gasteiger partial charge in [-0.15, -0.1) is 0 Å². The van der Waals surface area contributed by atoms with Crippen LogP contribution in [0.3, 0.4) is 0 Å². The number of hydrogen-bond donors (Lipinski definition) is 0. The third-order valence-corrected chi connectivity index (χ3v) is 10.1. The van der Waals surface area contributed by atoms with Gasteiger partial charge < -0.3 is 9.64 Å². The Kier molecular flexibility index (Phi) is 8.22. The van der Waals surface area contributed by atoms with Crippen molar-refractivity contribution in [2.24, 2.45) is 0 Å². The second-order valence-corrected chi connectivity index (χ2v) is 13.3. The van der Waals surface area contributed by atoms with Gasteiger partial charge in [0.2, 0.25) is 0 Å². The van der Waals surface area contributed by atoms with Gasteiger partial charge in [-0.3, -0.25) is 4.79 Å². The van der Waals surface area contributed by atoms with Gasteiger partial charge in [0.05, 0.1) is 0 Å². The summed E-state index contributed by atoms with van der Waals surface area (Å²) in [6.07, 6.45) is 5.28. The van der Waals surface area contributed by atoms with Gasteiger partial charge in [0.15, 0.2) is 5.60 Å². The number of ether oxygens (including phenoxy) is 1. The van der Waals surface area contributed by atoms with E-state index in [0.717, 1.165) is 78.8 Å². The lowest BCUT2D eigenvalue weighted by Gasteiger charge is -2.37. The topological polar surface area (TPSA) is 29.5 Å². The molecule has 3 heteroatoms. The molecule has 0 aromatic heterocycles. The molecule has 1 aliphatic rings. The Hall–Kier alpha value is -6.97. The Morgan fingerprint density at radius 2 is 0.962 bits per heavy atom. The molecule has 0 amide bonds. The van der Waals surface area contributed by atoms with Crippen molar-refractivity contribution in [2.75, 3.05) is 4.90 Å². The molecule has 3 nitrogen and oxygen atoms in total. The maximum absolute atomic E-state index is 11.2. The van der Waals surface area contributed by atoms with Crippen molar-refractivity contribution >= 4 is 40.2 Å². The van der Waals surface area contributed by atoms with Gasteiger partial charge in [-0.2, -0.15) is 0 Å². The Bertz CT molecular complexity index is 2520. The van der Waals surface area contributed by atoms with Crippen LogP contribution in [-0.4, -0.2) is 6.29 Å². The van der Waals surface area contributed by atoms with Crippen LogP contribution in [-0.2, 0) is 5.60 Å². The fourth-order valence-corrected chi connectivity index (χ4v) is 7.47. The summed E-state index contributed by atoms with van der Waals surface area (Å²) in [6.45, 7) is 0. The molecule has 1 unspecified atom stereocenters. The predicted molar refractivity (Wildman–Crippen MR) is 218 cm³/mol. The van der Waals surface area contributed by atoms with Crippen LogP contribution in [0.4, 0.5) is 17.1 Å². The zero-order valence-corrected chi connectivity index (χ0v) is 29.0. The Morgan fingerprint density at radius 1 is 0.472 bits per heavy atom. The SMILES string of the molecule is O=Cc1ccc(-c2ccc(C3(c4ccccc4)C=Cc4cc(-c5ccc(N(c6ccccc6)c6ccccc6)cc5)c5ccccc5c4O3)cc2)cc1. The number of carbonyl (C=O) groups excluding carboxylic acids is 1. The number of rotatable bonds is 8. The highest BCUT2D eigenvalue weighted by Gasteiger charge is 2.38. The minimum atomic E-state index is -0.835. The first-order chi connectivity index (χ1) is 26.2. The fourth-order valence-electron chi connectivity index (χ4n) is 7.47. The molecule has 8 aromatic rings. The van der Waals surface area contributed by atoms with Crippen molar-refractivity contribution in [2.45, 2.75) is 5.60 Å². The van der Waals surface area contributed by atoms with Crippen LogP contribution in [0.5, 0.6) is 5.75 Å². The first-order valence-electron chi connectivity index (χ1n) is 17.9. The van der Waals surface area contributed by atoms with Crippen LogP contribution in [0, 0.1) is 0 Å². The molecule has 53 heavy (non-hydrogen) atoms. The lowest BCUT2D eigenvalue weighted by Crippen LogP contribution is -2.34. The third-order valence-electron chi connectivity index (χ3n) is 10.1. The first kappa shape index (κ1) is 32.0. The highest BCUT2D eigenvalue weighted by atomic mass is 16.5. The normalized spacial score (nSPS) is 14.6. The summed E-state index contributed by atoms with van der Waals surface area (Å²) in [5, 5.41) is 2.20. The van der Waals surface area contributed by atoms with Gasteiger partial charge in [0.25, 0.3) is 0 Å². The molecule has 0 radical (unpaired) electrons. The average molecular weight is 682 g/mol. The average Bonchev–Trinajstić information content (AvgIpc) is 3.25. The molecule has 0 N–H and O–H groups in total. The quantitative estimate of drug-likeness (QED) is 0.150. The summed E-state index contributed by atoms with van der Waals surface area (Å²) in [7, 11) is 0. The zero-order valence-electron chi connectivity index (χ0n) is 29.0. The van der Waals surface area contributed by atoms with E-state index in [1.54, 1.807) is 0 Å². The second-order valence-electron chi connectivity index (χ2n) is 13.3. The fraction of sp³-hybridized carbons (Fsp3) is 0.0200. The molecule has 0 fully saturated rings. The summed E-state index contributed by atoms with van der Waals surface area (Å²) in [4.78, 5) is 13.5. The molecule has 1 atom stereocenters. The van der Waals surface area contributed by atoms with E-state index in [4.69, 9.17) is 4.74 Å². The molecule has 0 saturated heterocycles. The number of fused-ring (bicyclic) bond motifs is 3. The Labute approximate surface area is 309 Å². The summed E-state index contributed by atoms with van der Waals surface area (Å²) < 4.78 is 7.29. The van der Waals surface area contributed by atoms with Crippen LogP contribution in [0.1, 0.15) is 27.0 Å². The Morgan fingerprint density at radius 3 is 1.57 bits per heavy atom. The highest BCUT2D eigenvalue weighted by molar-refractivity contribution is 6.03. The van der Waals surface area contributed by atoms with E-state index in [0.29, 0.717) is 5.56 Å². The number of aldehydes is 1. The van der Waals surface area contributed by atoms with Gasteiger partial charge in [0.1, 0.15) is 12.0 Å². The van der Waals surface area contributed by atoms with Crippen LogP contribution >= 0.6 is 0 Å². The number of nitrogens with zero attached hydrogens (tertiary/aromatic N) is 1. The zero-order chi connectivity index (χ0) is 35.6. The standard InChI is InChI=1S/C50H35NO2/c52-35-36-20-22-37(23-21-36)38-24-28-42(29-25-38)50(41-12-4-1-5-13-41)33-32-40-34-48(46-18-10-11-19-47(46)49(40)53-50)39-26-30-45(31-27-39)51(43-14-6-2-7-15-43)44-16-8-3-9-17-44/h1-35H. The highest BCUT2D eigenvalue weighted by Crippen LogP contribution is 2.48. The molecular formula is C50H35NO2. The van der Waals surface area contributed by atoms with Crippen molar-refractivity contribution < 1.29 is 9.53 Å². The minimum absolute atomic E-state index is 0.665. The second kappa shape index (κ2) is 13.6. The van der Waals surface area contributed by atoms with Gasteiger partial charge in [-0.05, 0) is 76.2 Å². The molecule has 0 bridgehead atoms. The van der Waals surface area contributed by atoms with Crippen molar-refractivity contribution in [3.05, 3.63) is 222 Å². The van der Waals surface area contributed by atoms with E-state index >= 15 is 0 Å². The minimum Gasteiger partial charge on any atom is -0.472 e. The largest absolute Gasteiger partial charge is 0.472 e. The van der Waals surface area contributed by atoms with E-state index < -0.39 is 5.60 Å². The molecule has 0 spiro atoms. The number of hydrogen-bond acceptors (Lipinski definition) is 3. The summed E-state index contributed by atoms with van der Waals surface area (Å²) >= 11 is 0. The van der Waals surface area contributed by atoms with Gasteiger partial charge in [-0.1, -0.05) is 158 Å². The van der Waals surface area contributed by atoms with E-state index in [9.17, 15) is 4.79 Å². The smallest absolute Gasteiger partial charge is 0.178 e. The van der Waals surface area contributed by atoms with Crippen LogP contribution in [0.2, 0.25) is 0 Å². The Balaban J connectivity index is 1.12. The molecule has 0 saturated carbocycles. The van der Waals surface area contributed by atoms with E-state index in [1.807, 2.05) is 42.5 Å². The summed E-state index contributed by atoms with van der Waals surface area (Å²) in [6, 6.07) is 67.3. The molecule has 8 aromatic carbocycles. The number of para-hydroxylation sites is 2.